The van der Waals surface area contributed by atoms with Gasteiger partial charge in [-0.2, -0.15) is 4.31 Å². The van der Waals surface area contributed by atoms with Gasteiger partial charge in [0.25, 0.3) is 0 Å². The molecule has 0 unspecified atom stereocenters. The van der Waals surface area contributed by atoms with Crippen molar-refractivity contribution in [3.05, 3.63) is 29.3 Å². The van der Waals surface area contributed by atoms with E-state index in [1.165, 1.54) is 10.4 Å². The lowest BCUT2D eigenvalue weighted by Crippen LogP contribution is -2.67. The third kappa shape index (κ3) is 3.23. The van der Waals surface area contributed by atoms with Gasteiger partial charge >= 0.3 is 0 Å². The number of piperazine rings is 1. The van der Waals surface area contributed by atoms with E-state index in [2.05, 4.69) is 5.32 Å². The van der Waals surface area contributed by atoms with E-state index in [-0.39, 0.29) is 27.9 Å². The average molecular weight is 435 g/mol. The van der Waals surface area contributed by atoms with Gasteiger partial charge in [-0.1, -0.05) is 17.7 Å². The Morgan fingerprint density at radius 2 is 1.44 bits per heavy atom. The number of sulfonamides is 1. The van der Waals surface area contributed by atoms with E-state index in [0.717, 1.165) is 5.56 Å². The summed E-state index contributed by atoms with van der Waals surface area (Å²) in [7, 11) is -10.9. The second-order valence-electron chi connectivity index (χ2n) is 7.77. The molecule has 0 spiro atoms. The van der Waals surface area contributed by atoms with Crippen molar-refractivity contribution in [1.82, 2.24) is 9.62 Å². The van der Waals surface area contributed by atoms with E-state index in [1.54, 1.807) is 19.1 Å². The Balaban J connectivity index is 1.86. The van der Waals surface area contributed by atoms with Gasteiger partial charge in [0.2, 0.25) is 10.0 Å². The van der Waals surface area contributed by atoms with Crippen molar-refractivity contribution in [3.63, 3.8) is 0 Å². The maximum absolute atomic E-state index is 13.5. The van der Waals surface area contributed by atoms with Crippen molar-refractivity contribution in [2.24, 2.45) is 0 Å². The highest BCUT2D eigenvalue weighted by Gasteiger charge is 2.57. The minimum Gasteiger partial charge on any atom is -0.306 e. The predicted octanol–water partition coefficient (Wildman–Crippen LogP) is -0.771. The summed E-state index contributed by atoms with van der Waals surface area (Å²) in [5.74, 6) is -0.949. The number of nitrogens with one attached hydrogen (secondary N) is 1. The molecule has 0 aromatic heterocycles. The molecule has 3 aliphatic rings. The van der Waals surface area contributed by atoms with E-state index >= 15 is 0 Å². The van der Waals surface area contributed by atoms with Crippen molar-refractivity contribution >= 4 is 29.7 Å². The minimum absolute atomic E-state index is 0.0982. The second kappa shape index (κ2) is 5.99. The van der Waals surface area contributed by atoms with Crippen LogP contribution in [0.3, 0.4) is 0 Å². The van der Waals surface area contributed by atoms with Gasteiger partial charge in [-0.25, -0.2) is 25.3 Å². The number of sulfone groups is 2. The molecule has 1 aromatic rings. The molecule has 3 saturated heterocycles. The smallest absolute Gasteiger partial charge is 0.244 e. The van der Waals surface area contributed by atoms with Crippen LogP contribution in [-0.2, 0) is 29.7 Å². The number of fused-ring (bicyclic) bond motifs is 2. The van der Waals surface area contributed by atoms with Gasteiger partial charge in [0, 0.05) is 12.1 Å². The molecule has 0 bridgehead atoms. The summed E-state index contributed by atoms with van der Waals surface area (Å²) in [6.45, 7) is 3.54. The highest BCUT2D eigenvalue weighted by atomic mass is 32.2. The normalized spacial score (nSPS) is 34.9. The average Bonchev–Trinajstić information content (AvgIpc) is 2.95. The lowest BCUT2D eigenvalue weighted by molar-refractivity contribution is 0.160. The van der Waals surface area contributed by atoms with Crippen molar-refractivity contribution in [2.45, 2.75) is 42.9 Å². The molecular weight excluding hydrogens is 412 g/mol. The van der Waals surface area contributed by atoms with Crippen LogP contribution in [0, 0.1) is 13.8 Å². The quantitative estimate of drug-likeness (QED) is 0.649. The molecule has 0 saturated carbocycles. The van der Waals surface area contributed by atoms with E-state index in [1.807, 2.05) is 6.92 Å². The largest absolute Gasteiger partial charge is 0.306 e. The molecule has 8 nitrogen and oxygen atoms in total. The Hall–Kier alpha value is -1.01. The summed E-state index contributed by atoms with van der Waals surface area (Å²) >= 11 is 0. The Labute approximate surface area is 159 Å². The third-order valence-electron chi connectivity index (χ3n) is 5.61. The molecule has 1 aromatic carbocycles. The van der Waals surface area contributed by atoms with Crippen LogP contribution in [0.5, 0.6) is 0 Å². The Kier molecular flexibility index (Phi) is 4.29. The fraction of sp³-hybridized carbons (Fsp3) is 0.625. The van der Waals surface area contributed by atoms with E-state index in [0.29, 0.717) is 5.56 Å². The van der Waals surface area contributed by atoms with Crippen LogP contribution >= 0.6 is 0 Å². The Morgan fingerprint density at radius 3 is 1.93 bits per heavy atom. The number of benzene rings is 1. The van der Waals surface area contributed by atoms with Gasteiger partial charge in [-0.3, -0.25) is 0 Å². The lowest BCUT2D eigenvalue weighted by Gasteiger charge is -2.44. The fourth-order valence-electron chi connectivity index (χ4n) is 4.56. The van der Waals surface area contributed by atoms with E-state index < -0.39 is 53.9 Å². The van der Waals surface area contributed by atoms with Crippen molar-refractivity contribution in [2.75, 3.05) is 23.0 Å². The fourth-order valence-corrected chi connectivity index (χ4v) is 10.7. The van der Waals surface area contributed by atoms with Crippen LogP contribution < -0.4 is 5.32 Å². The molecule has 4 atom stereocenters. The maximum Gasteiger partial charge on any atom is 0.244 e. The second-order valence-corrected chi connectivity index (χ2v) is 13.9. The molecule has 3 aliphatic heterocycles. The molecule has 27 heavy (non-hydrogen) atoms. The standard InChI is InChI=1S/C16H22N2O6S3/c1-10-3-4-16(11(2)5-10)27(23,24)18-14-8-25(19,20)6-12(14)17-13-7-26(21,22)9-15(13)18/h3-5,12-15,17H,6-9H2,1-2H3/t12-,13+,14-,15-/m1/s1. The van der Waals surface area contributed by atoms with E-state index in [9.17, 15) is 25.3 Å². The summed E-state index contributed by atoms with van der Waals surface area (Å²) in [6.07, 6.45) is 0. The van der Waals surface area contributed by atoms with Crippen molar-refractivity contribution < 1.29 is 25.3 Å². The van der Waals surface area contributed by atoms with Gasteiger partial charge < -0.3 is 5.32 Å². The molecule has 3 heterocycles. The molecule has 4 rings (SSSR count). The summed E-state index contributed by atoms with van der Waals surface area (Å²) in [5, 5.41) is 3.10. The topological polar surface area (TPSA) is 118 Å². The molecule has 0 radical (unpaired) electrons. The first-order valence-corrected chi connectivity index (χ1v) is 13.8. The highest BCUT2D eigenvalue weighted by Crippen LogP contribution is 2.36. The van der Waals surface area contributed by atoms with Gasteiger partial charge in [0.1, 0.15) is 0 Å². The summed E-state index contributed by atoms with van der Waals surface area (Å²) < 4.78 is 77.0. The van der Waals surface area contributed by atoms with Crippen molar-refractivity contribution in [1.29, 1.82) is 0 Å². The lowest BCUT2D eigenvalue weighted by atomic mass is 10.0. The number of hydrogen-bond acceptors (Lipinski definition) is 7. The first-order valence-electron chi connectivity index (χ1n) is 8.67. The molecule has 1 N–H and O–H groups in total. The first-order chi connectivity index (χ1) is 12.4. The molecule has 150 valence electrons. The first kappa shape index (κ1) is 19.3. The maximum atomic E-state index is 13.5. The SMILES string of the molecule is Cc1ccc(S(=O)(=O)N2[C@@H]3CS(=O)(=O)C[C@@H]3N[C@@H]3CS(=O)(=O)C[C@H]32)c(C)c1. The third-order valence-corrected chi connectivity index (χ3v) is 11.2. The Bertz CT molecular complexity index is 1060. The van der Waals surface area contributed by atoms with Gasteiger partial charge in [0.05, 0.1) is 40.0 Å². The van der Waals surface area contributed by atoms with Crippen LogP contribution in [0.15, 0.2) is 23.1 Å². The van der Waals surface area contributed by atoms with Gasteiger partial charge in [0.15, 0.2) is 19.7 Å². The molecule has 3 fully saturated rings. The van der Waals surface area contributed by atoms with Gasteiger partial charge in [-0.05, 0) is 25.5 Å². The van der Waals surface area contributed by atoms with Crippen LogP contribution in [0.25, 0.3) is 0 Å². The molecule has 0 amide bonds. The predicted molar refractivity (Wildman–Crippen MR) is 101 cm³/mol. The zero-order chi connectivity index (χ0) is 19.8. The molecular formula is C16H22N2O6S3. The molecule has 0 aliphatic carbocycles. The zero-order valence-electron chi connectivity index (χ0n) is 15.0. The summed E-state index contributed by atoms with van der Waals surface area (Å²) in [6, 6.07) is 2.17. The van der Waals surface area contributed by atoms with Crippen molar-refractivity contribution in [3.8, 4) is 0 Å². The number of hydrogen-bond donors (Lipinski definition) is 1. The number of rotatable bonds is 2. The number of aryl methyl sites for hydroxylation is 2. The number of nitrogens with zero attached hydrogens (tertiary/aromatic N) is 1. The van der Waals surface area contributed by atoms with E-state index in [4.69, 9.17) is 0 Å². The Morgan fingerprint density at radius 1 is 0.926 bits per heavy atom. The zero-order valence-corrected chi connectivity index (χ0v) is 17.4. The summed E-state index contributed by atoms with van der Waals surface area (Å²) in [5.41, 5.74) is 1.47. The summed E-state index contributed by atoms with van der Waals surface area (Å²) in [4.78, 5) is 0.0982. The molecule has 11 heteroatoms. The minimum atomic E-state index is -4.05. The van der Waals surface area contributed by atoms with Crippen LogP contribution in [0.2, 0.25) is 0 Å². The van der Waals surface area contributed by atoms with Crippen LogP contribution in [0.1, 0.15) is 11.1 Å². The van der Waals surface area contributed by atoms with Crippen LogP contribution in [-0.4, -0.2) is 76.7 Å². The van der Waals surface area contributed by atoms with Crippen LogP contribution in [0.4, 0.5) is 0 Å². The highest BCUT2D eigenvalue weighted by molar-refractivity contribution is 7.92. The monoisotopic (exact) mass is 434 g/mol. The van der Waals surface area contributed by atoms with Gasteiger partial charge in [-0.15, -0.1) is 0 Å².